The van der Waals surface area contributed by atoms with E-state index in [1.165, 1.54) is 16.2 Å². The van der Waals surface area contributed by atoms with Crippen molar-refractivity contribution in [2.24, 2.45) is 7.05 Å². The second-order valence-corrected chi connectivity index (χ2v) is 6.89. The number of aryl methyl sites for hydroxylation is 1. The zero-order chi connectivity index (χ0) is 19.8. The van der Waals surface area contributed by atoms with Crippen molar-refractivity contribution in [3.05, 3.63) is 68.1 Å². The summed E-state index contributed by atoms with van der Waals surface area (Å²) in [6.07, 6.45) is -0.915. The first-order valence-corrected chi connectivity index (χ1v) is 9.07. The van der Waals surface area contributed by atoms with Gasteiger partial charge >= 0.3 is 5.69 Å². The van der Waals surface area contributed by atoms with Gasteiger partial charge in [-0.1, -0.05) is 36.4 Å². The Balaban J connectivity index is 1.59. The second-order valence-electron chi connectivity index (χ2n) is 6.50. The minimum Gasteiger partial charge on any atom is -0.490 e. The number of aromatic amines is 2. The van der Waals surface area contributed by atoms with E-state index in [0.717, 1.165) is 10.8 Å². The summed E-state index contributed by atoms with van der Waals surface area (Å²) in [7, 11) is 1.52. The molecular formula is C19H18N4O4S. The van der Waals surface area contributed by atoms with Crippen molar-refractivity contribution in [3.8, 4) is 5.75 Å². The van der Waals surface area contributed by atoms with Crippen LogP contribution in [0.2, 0.25) is 0 Å². The number of hydrogen-bond donors (Lipinski definition) is 3. The molecule has 2 aromatic heterocycles. The van der Waals surface area contributed by atoms with Gasteiger partial charge < -0.3 is 19.4 Å². The van der Waals surface area contributed by atoms with Gasteiger partial charge in [-0.25, -0.2) is 4.79 Å². The van der Waals surface area contributed by atoms with Gasteiger partial charge in [0.1, 0.15) is 24.1 Å². The van der Waals surface area contributed by atoms with E-state index in [1.54, 1.807) is 0 Å². The molecule has 0 spiro atoms. The van der Waals surface area contributed by atoms with Gasteiger partial charge in [-0.15, -0.1) is 0 Å². The maximum Gasteiger partial charge on any atom is 0.329 e. The molecule has 1 atom stereocenters. The standard InChI is InChI=1S/C19H18N4O4S/c1-22-16-15(17(25)21-18(22)26)23(19(28)20-16)9-12(24)10-27-14-8-4-6-11-5-2-3-7-13(11)14/h2-8,12,24H,9-10H2,1H3,(H,20,28)(H,21,25,26)/t12-/m0/s1. The molecule has 4 rings (SSSR count). The maximum atomic E-state index is 12.2. The number of ether oxygens (including phenoxy) is 1. The van der Waals surface area contributed by atoms with Gasteiger partial charge in [-0.3, -0.25) is 14.3 Å². The summed E-state index contributed by atoms with van der Waals surface area (Å²) in [4.78, 5) is 29.0. The Hall–Kier alpha value is -3.17. The lowest BCUT2D eigenvalue weighted by Crippen LogP contribution is -2.30. The van der Waals surface area contributed by atoms with Crippen molar-refractivity contribution in [2.75, 3.05) is 6.61 Å². The molecule has 0 aliphatic carbocycles. The van der Waals surface area contributed by atoms with Crippen LogP contribution in [0.3, 0.4) is 0 Å². The molecule has 2 heterocycles. The highest BCUT2D eigenvalue weighted by Gasteiger charge is 2.16. The topological polar surface area (TPSA) is 105 Å². The molecule has 0 fully saturated rings. The molecule has 0 radical (unpaired) electrons. The van der Waals surface area contributed by atoms with Gasteiger partial charge in [0.2, 0.25) is 0 Å². The molecule has 3 N–H and O–H groups in total. The van der Waals surface area contributed by atoms with Crippen molar-refractivity contribution in [1.82, 2.24) is 19.1 Å². The molecule has 9 heteroatoms. The molecule has 0 bridgehead atoms. The maximum absolute atomic E-state index is 12.2. The molecule has 0 aliphatic heterocycles. The number of nitrogens with one attached hydrogen (secondary N) is 2. The monoisotopic (exact) mass is 398 g/mol. The summed E-state index contributed by atoms with van der Waals surface area (Å²) in [5.41, 5.74) is -0.592. The lowest BCUT2D eigenvalue weighted by molar-refractivity contribution is 0.0938. The first-order valence-electron chi connectivity index (χ1n) is 8.66. The second kappa shape index (κ2) is 7.10. The van der Waals surface area contributed by atoms with Crippen molar-refractivity contribution < 1.29 is 9.84 Å². The Bertz CT molecular complexity index is 1340. The molecule has 0 saturated heterocycles. The Kier molecular flexibility index (Phi) is 4.62. The Labute approximate surface area is 163 Å². The number of rotatable bonds is 5. The fourth-order valence-corrected chi connectivity index (χ4v) is 3.48. The molecule has 4 aromatic rings. The number of aliphatic hydroxyl groups is 1. The molecule has 0 saturated carbocycles. The molecular weight excluding hydrogens is 380 g/mol. The third kappa shape index (κ3) is 3.14. The van der Waals surface area contributed by atoms with Gasteiger partial charge in [0.05, 0.1) is 6.54 Å². The SMILES string of the molecule is Cn1c(=O)[nH]c(=O)c2c1[nH]c(=S)n2C[C@H](O)COc1cccc2ccccc12. The number of aromatic nitrogens is 4. The van der Waals surface area contributed by atoms with E-state index in [1.807, 2.05) is 42.5 Å². The number of benzene rings is 2. The van der Waals surface area contributed by atoms with Crippen molar-refractivity contribution in [2.45, 2.75) is 12.6 Å². The summed E-state index contributed by atoms with van der Waals surface area (Å²) >= 11 is 5.26. The fourth-order valence-electron chi connectivity index (χ4n) is 3.22. The summed E-state index contributed by atoms with van der Waals surface area (Å²) in [6.45, 7) is 0.0665. The van der Waals surface area contributed by atoms with Gasteiger partial charge in [0, 0.05) is 12.4 Å². The molecule has 0 amide bonds. The zero-order valence-corrected chi connectivity index (χ0v) is 15.8. The Morgan fingerprint density at radius 2 is 1.89 bits per heavy atom. The average Bonchev–Trinajstić information content (AvgIpc) is 3.01. The molecule has 0 aliphatic rings. The van der Waals surface area contributed by atoms with Crippen molar-refractivity contribution in [3.63, 3.8) is 0 Å². The van der Waals surface area contributed by atoms with Crippen LogP contribution in [0.25, 0.3) is 21.9 Å². The summed E-state index contributed by atoms with van der Waals surface area (Å²) in [6, 6.07) is 13.5. The smallest absolute Gasteiger partial charge is 0.329 e. The molecule has 144 valence electrons. The first kappa shape index (κ1) is 18.2. The number of aliphatic hydroxyl groups excluding tert-OH is 1. The van der Waals surface area contributed by atoms with Gasteiger partial charge in [0.25, 0.3) is 5.56 Å². The van der Waals surface area contributed by atoms with Crippen molar-refractivity contribution >= 4 is 34.2 Å². The van der Waals surface area contributed by atoms with Crippen LogP contribution in [-0.2, 0) is 13.6 Å². The van der Waals surface area contributed by atoms with E-state index in [4.69, 9.17) is 17.0 Å². The van der Waals surface area contributed by atoms with E-state index >= 15 is 0 Å². The van der Waals surface area contributed by atoms with Crippen LogP contribution >= 0.6 is 12.2 Å². The summed E-state index contributed by atoms with van der Waals surface area (Å²) in [5, 5.41) is 12.5. The first-order chi connectivity index (χ1) is 13.5. The summed E-state index contributed by atoms with van der Waals surface area (Å²) in [5.74, 6) is 0.667. The van der Waals surface area contributed by atoms with Crippen LogP contribution < -0.4 is 16.0 Å². The lowest BCUT2D eigenvalue weighted by atomic mass is 10.1. The normalized spacial score (nSPS) is 12.5. The van der Waals surface area contributed by atoms with E-state index in [2.05, 4.69) is 9.97 Å². The minimum atomic E-state index is -0.915. The van der Waals surface area contributed by atoms with E-state index in [9.17, 15) is 14.7 Å². The van der Waals surface area contributed by atoms with Gasteiger partial charge in [-0.2, -0.15) is 0 Å². The molecule has 8 nitrogen and oxygen atoms in total. The highest BCUT2D eigenvalue weighted by molar-refractivity contribution is 7.71. The van der Waals surface area contributed by atoms with Crippen LogP contribution in [0.4, 0.5) is 0 Å². The lowest BCUT2D eigenvalue weighted by Gasteiger charge is -2.15. The third-order valence-corrected chi connectivity index (χ3v) is 4.94. The van der Waals surface area contributed by atoms with Crippen LogP contribution in [0.5, 0.6) is 5.75 Å². The molecule has 0 unspecified atom stereocenters. The summed E-state index contributed by atoms with van der Waals surface area (Å²) < 4.78 is 8.79. The van der Waals surface area contributed by atoms with Crippen LogP contribution in [-0.4, -0.2) is 36.9 Å². The van der Waals surface area contributed by atoms with E-state index in [-0.39, 0.29) is 23.4 Å². The van der Waals surface area contributed by atoms with Crippen molar-refractivity contribution in [1.29, 1.82) is 0 Å². The van der Waals surface area contributed by atoms with Crippen LogP contribution in [0, 0.1) is 4.77 Å². The molecule has 28 heavy (non-hydrogen) atoms. The van der Waals surface area contributed by atoms with E-state index in [0.29, 0.717) is 11.4 Å². The fraction of sp³-hybridized carbons (Fsp3) is 0.211. The highest BCUT2D eigenvalue weighted by atomic mass is 32.1. The number of imidazole rings is 1. The third-order valence-electron chi connectivity index (χ3n) is 4.61. The largest absolute Gasteiger partial charge is 0.490 e. The Morgan fingerprint density at radius 3 is 2.71 bits per heavy atom. The van der Waals surface area contributed by atoms with Crippen LogP contribution in [0.15, 0.2) is 52.1 Å². The molecule has 2 aromatic carbocycles. The van der Waals surface area contributed by atoms with Gasteiger partial charge in [0.15, 0.2) is 10.3 Å². The van der Waals surface area contributed by atoms with Gasteiger partial charge in [-0.05, 0) is 23.7 Å². The zero-order valence-electron chi connectivity index (χ0n) is 15.0. The average molecular weight is 398 g/mol. The number of nitrogens with zero attached hydrogens (tertiary/aromatic N) is 2. The number of H-pyrrole nitrogens is 2. The highest BCUT2D eigenvalue weighted by Crippen LogP contribution is 2.25. The quantitative estimate of drug-likeness (QED) is 0.444. The predicted molar refractivity (Wildman–Crippen MR) is 108 cm³/mol. The number of fused-ring (bicyclic) bond motifs is 2. The van der Waals surface area contributed by atoms with Crippen LogP contribution in [0.1, 0.15) is 0 Å². The number of hydrogen-bond acceptors (Lipinski definition) is 5. The van der Waals surface area contributed by atoms with E-state index < -0.39 is 17.4 Å². The minimum absolute atomic E-state index is 0.0200. The predicted octanol–water partition coefficient (Wildman–Crippen LogP) is 1.68. The Morgan fingerprint density at radius 1 is 1.14 bits per heavy atom.